The standard InChI is InChI=1S/C21H22ClN3O4S/c1-4-9-23-19(26)13(2)30-21-24-17(12-15-6-5-10-29-15)20(27)25(21)14-7-8-18(28-3)16(22)11-14/h5-8,10-13H,4,9H2,1-3H3,(H,23,26)/b17-12-/t13-/m1/s1. The Morgan fingerprint density at radius 1 is 1.43 bits per heavy atom. The summed E-state index contributed by atoms with van der Waals surface area (Å²) >= 11 is 7.47. The van der Waals surface area contributed by atoms with E-state index in [4.69, 9.17) is 20.8 Å². The number of furan rings is 1. The van der Waals surface area contributed by atoms with Crippen LogP contribution in [0.15, 0.2) is 51.7 Å². The molecule has 0 saturated heterocycles. The minimum absolute atomic E-state index is 0.117. The van der Waals surface area contributed by atoms with Crippen molar-refractivity contribution >= 4 is 52.1 Å². The van der Waals surface area contributed by atoms with Crippen molar-refractivity contribution in [2.24, 2.45) is 4.99 Å². The van der Waals surface area contributed by atoms with Crippen molar-refractivity contribution in [3.8, 4) is 5.75 Å². The lowest BCUT2D eigenvalue weighted by atomic mass is 10.2. The highest BCUT2D eigenvalue weighted by Crippen LogP contribution is 2.35. The molecule has 7 nitrogen and oxygen atoms in total. The number of anilines is 1. The smallest absolute Gasteiger partial charge is 0.283 e. The normalized spacial score (nSPS) is 16.0. The number of amidine groups is 1. The Labute approximate surface area is 184 Å². The number of halogens is 1. The molecule has 30 heavy (non-hydrogen) atoms. The minimum Gasteiger partial charge on any atom is -0.495 e. The second kappa shape index (κ2) is 9.86. The number of thioether (sulfide) groups is 1. The third kappa shape index (κ3) is 4.88. The molecular weight excluding hydrogens is 426 g/mol. The Morgan fingerprint density at radius 2 is 2.23 bits per heavy atom. The number of amides is 2. The number of methoxy groups -OCH3 is 1. The van der Waals surface area contributed by atoms with Gasteiger partial charge in [-0.15, -0.1) is 0 Å². The second-order valence-electron chi connectivity index (χ2n) is 6.45. The summed E-state index contributed by atoms with van der Waals surface area (Å²) in [6.45, 7) is 4.35. The summed E-state index contributed by atoms with van der Waals surface area (Å²) in [6.07, 6.45) is 3.93. The van der Waals surface area contributed by atoms with E-state index in [1.807, 2.05) is 6.92 Å². The molecule has 1 aliphatic heterocycles. The second-order valence-corrected chi connectivity index (χ2v) is 8.17. The molecule has 9 heteroatoms. The van der Waals surface area contributed by atoms with Gasteiger partial charge in [0.25, 0.3) is 5.91 Å². The van der Waals surface area contributed by atoms with Crippen LogP contribution in [0.4, 0.5) is 5.69 Å². The first-order valence-corrected chi connectivity index (χ1v) is 10.7. The third-order valence-electron chi connectivity index (χ3n) is 4.25. The summed E-state index contributed by atoms with van der Waals surface area (Å²) in [7, 11) is 1.52. The van der Waals surface area contributed by atoms with E-state index in [-0.39, 0.29) is 17.5 Å². The molecule has 2 aromatic rings. The predicted octanol–water partition coefficient (Wildman–Crippen LogP) is 4.33. The summed E-state index contributed by atoms with van der Waals surface area (Å²) < 4.78 is 10.5. The van der Waals surface area contributed by atoms with E-state index in [1.54, 1.807) is 43.3 Å². The van der Waals surface area contributed by atoms with Gasteiger partial charge in [0.2, 0.25) is 5.91 Å². The SMILES string of the molecule is CCCNC(=O)[C@@H](C)SC1=N/C(=C\c2ccco2)C(=O)N1c1ccc(OC)c(Cl)c1. The van der Waals surface area contributed by atoms with Crippen LogP contribution in [0.3, 0.4) is 0 Å². The molecule has 2 amide bonds. The van der Waals surface area contributed by atoms with Gasteiger partial charge in [-0.25, -0.2) is 4.99 Å². The van der Waals surface area contributed by atoms with Crippen molar-refractivity contribution in [3.05, 3.63) is 53.1 Å². The molecule has 1 atom stereocenters. The molecule has 0 fully saturated rings. The Balaban J connectivity index is 1.94. The highest BCUT2D eigenvalue weighted by molar-refractivity contribution is 8.15. The van der Waals surface area contributed by atoms with Crippen molar-refractivity contribution in [2.75, 3.05) is 18.6 Å². The van der Waals surface area contributed by atoms with Gasteiger partial charge in [0.1, 0.15) is 17.2 Å². The summed E-state index contributed by atoms with van der Waals surface area (Å²) in [5.41, 5.74) is 0.738. The first-order valence-electron chi connectivity index (χ1n) is 9.40. The summed E-state index contributed by atoms with van der Waals surface area (Å²) in [5.74, 6) is 0.552. The van der Waals surface area contributed by atoms with E-state index in [2.05, 4.69) is 10.3 Å². The van der Waals surface area contributed by atoms with E-state index in [9.17, 15) is 9.59 Å². The predicted molar refractivity (Wildman–Crippen MR) is 120 cm³/mol. The number of benzene rings is 1. The molecule has 1 aliphatic rings. The molecule has 1 aromatic heterocycles. The molecule has 0 aliphatic carbocycles. The average Bonchev–Trinajstić information content (AvgIpc) is 3.34. The molecule has 0 radical (unpaired) electrons. The average molecular weight is 448 g/mol. The van der Waals surface area contributed by atoms with E-state index in [1.165, 1.54) is 30.0 Å². The van der Waals surface area contributed by atoms with Crippen LogP contribution < -0.4 is 15.0 Å². The summed E-state index contributed by atoms with van der Waals surface area (Å²) in [6, 6.07) is 8.49. The van der Waals surface area contributed by atoms with E-state index in [0.29, 0.717) is 33.9 Å². The lowest BCUT2D eigenvalue weighted by Gasteiger charge is -2.20. The van der Waals surface area contributed by atoms with Gasteiger partial charge in [-0.1, -0.05) is 30.3 Å². The minimum atomic E-state index is -0.442. The van der Waals surface area contributed by atoms with Gasteiger partial charge in [-0.05, 0) is 43.7 Å². The van der Waals surface area contributed by atoms with Crippen LogP contribution >= 0.6 is 23.4 Å². The maximum Gasteiger partial charge on any atom is 0.283 e. The van der Waals surface area contributed by atoms with Gasteiger partial charge in [0.05, 0.1) is 29.3 Å². The highest BCUT2D eigenvalue weighted by Gasteiger charge is 2.34. The Bertz CT molecular complexity index is 988. The fourth-order valence-electron chi connectivity index (χ4n) is 2.71. The highest BCUT2D eigenvalue weighted by atomic mass is 35.5. The van der Waals surface area contributed by atoms with E-state index in [0.717, 1.165) is 6.42 Å². The summed E-state index contributed by atoms with van der Waals surface area (Å²) in [5, 5.41) is 3.17. The Kier molecular flexibility index (Phi) is 7.23. The molecule has 0 spiro atoms. The van der Waals surface area contributed by atoms with Gasteiger partial charge in [0.15, 0.2) is 5.17 Å². The number of nitrogens with one attached hydrogen (secondary N) is 1. The molecule has 1 aromatic carbocycles. The largest absolute Gasteiger partial charge is 0.495 e. The number of carbonyl (C=O) groups is 2. The monoisotopic (exact) mass is 447 g/mol. The van der Waals surface area contributed by atoms with Crippen molar-refractivity contribution in [1.29, 1.82) is 0 Å². The first-order chi connectivity index (χ1) is 14.4. The van der Waals surface area contributed by atoms with Crippen LogP contribution in [-0.4, -0.2) is 35.9 Å². The van der Waals surface area contributed by atoms with Crippen LogP contribution in [0, 0.1) is 0 Å². The van der Waals surface area contributed by atoms with Crippen molar-refractivity contribution in [1.82, 2.24) is 5.32 Å². The number of ether oxygens (including phenoxy) is 1. The van der Waals surface area contributed by atoms with Crippen molar-refractivity contribution in [3.63, 3.8) is 0 Å². The van der Waals surface area contributed by atoms with E-state index >= 15 is 0 Å². The zero-order valence-electron chi connectivity index (χ0n) is 16.8. The number of rotatable bonds is 7. The van der Waals surface area contributed by atoms with Crippen molar-refractivity contribution < 1.29 is 18.7 Å². The fourth-order valence-corrected chi connectivity index (χ4v) is 3.91. The molecule has 1 N–H and O–H groups in total. The van der Waals surface area contributed by atoms with Crippen LogP contribution in [0.25, 0.3) is 6.08 Å². The maximum atomic E-state index is 13.1. The number of nitrogens with zero attached hydrogens (tertiary/aromatic N) is 2. The van der Waals surface area contributed by atoms with Gasteiger partial charge in [-0.3, -0.25) is 14.5 Å². The van der Waals surface area contributed by atoms with Crippen LogP contribution in [-0.2, 0) is 9.59 Å². The van der Waals surface area contributed by atoms with Crippen LogP contribution in [0.1, 0.15) is 26.0 Å². The number of aliphatic imine (C=N–C) groups is 1. The lowest BCUT2D eigenvalue weighted by molar-refractivity contribution is -0.120. The van der Waals surface area contributed by atoms with Crippen LogP contribution in [0.2, 0.25) is 5.02 Å². The van der Waals surface area contributed by atoms with E-state index < -0.39 is 5.25 Å². The Morgan fingerprint density at radius 3 is 2.87 bits per heavy atom. The first kappa shape index (κ1) is 22.0. The molecular formula is C21H22ClN3O4S. The zero-order valence-corrected chi connectivity index (χ0v) is 18.4. The molecule has 0 bridgehead atoms. The lowest BCUT2D eigenvalue weighted by Crippen LogP contribution is -2.36. The Hall–Kier alpha value is -2.71. The fraction of sp³-hybridized carbons (Fsp3) is 0.286. The molecule has 0 saturated carbocycles. The molecule has 158 valence electrons. The van der Waals surface area contributed by atoms with Gasteiger partial charge in [-0.2, -0.15) is 0 Å². The third-order valence-corrected chi connectivity index (χ3v) is 5.59. The van der Waals surface area contributed by atoms with Crippen LogP contribution in [0.5, 0.6) is 5.75 Å². The molecule has 0 unspecified atom stereocenters. The zero-order chi connectivity index (χ0) is 21.7. The maximum absolute atomic E-state index is 13.1. The number of hydrogen-bond donors (Lipinski definition) is 1. The van der Waals surface area contributed by atoms with Crippen molar-refractivity contribution in [2.45, 2.75) is 25.5 Å². The molecule has 2 heterocycles. The topological polar surface area (TPSA) is 84.1 Å². The quantitative estimate of drug-likeness (QED) is 0.638. The number of carbonyl (C=O) groups excluding carboxylic acids is 2. The van der Waals surface area contributed by atoms with Gasteiger partial charge in [0, 0.05) is 12.6 Å². The molecule has 3 rings (SSSR count). The van der Waals surface area contributed by atoms with Gasteiger partial charge < -0.3 is 14.5 Å². The summed E-state index contributed by atoms with van der Waals surface area (Å²) in [4.78, 5) is 31.4. The van der Waals surface area contributed by atoms with Gasteiger partial charge >= 0.3 is 0 Å². The number of hydrogen-bond acceptors (Lipinski definition) is 6.